The minimum Gasteiger partial charge on any atom is -0.336 e. The molecule has 0 atom stereocenters. The number of sulfonamides is 1. The number of nitro groups is 1. The Morgan fingerprint density at radius 2 is 1.82 bits per heavy atom. The first kappa shape index (κ1) is 16.4. The summed E-state index contributed by atoms with van der Waals surface area (Å²) in [7, 11) is -3.26. The summed E-state index contributed by atoms with van der Waals surface area (Å²) < 4.78 is 24.2. The Balaban J connectivity index is 2.17. The van der Waals surface area contributed by atoms with Gasteiger partial charge in [-0.3, -0.25) is 14.9 Å². The van der Waals surface area contributed by atoms with Gasteiger partial charge in [0.2, 0.25) is 10.0 Å². The SMILES string of the molecule is Cc1c(C(=O)N2CCN(S(C)(=O)=O)CC2)cccc1[N+](=O)[O-]. The number of hydrogen-bond acceptors (Lipinski definition) is 5. The molecule has 1 aliphatic rings. The van der Waals surface area contributed by atoms with Gasteiger partial charge in [-0.05, 0) is 13.0 Å². The zero-order valence-electron chi connectivity index (χ0n) is 12.4. The molecule has 120 valence electrons. The molecule has 0 saturated carbocycles. The van der Waals surface area contributed by atoms with Crippen LogP contribution < -0.4 is 0 Å². The Bertz CT molecular complexity index is 708. The van der Waals surface area contributed by atoms with E-state index in [0.29, 0.717) is 5.56 Å². The van der Waals surface area contributed by atoms with Crippen molar-refractivity contribution in [3.05, 3.63) is 39.4 Å². The van der Waals surface area contributed by atoms with E-state index in [2.05, 4.69) is 0 Å². The third-order valence-corrected chi connectivity index (χ3v) is 5.03. The van der Waals surface area contributed by atoms with Gasteiger partial charge in [-0.25, -0.2) is 8.42 Å². The van der Waals surface area contributed by atoms with Crippen molar-refractivity contribution in [2.45, 2.75) is 6.92 Å². The van der Waals surface area contributed by atoms with Crippen LogP contribution in [0.2, 0.25) is 0 Å². The van der Waals surface area contributed by atoms with Crippen molar-refractivity contribution in [1.82, 2.24) is 9.21 Å². The highest BCUT2D eigenvalue weighted by Crippen LogP contribution is 2.22. The molecule has 8 nitrogen and oxygen atoms in total. The molecule has 0 aromatic heterocycles. The third kappa shape index (κ3) is 3.25. The van der Waals surface area contributed by atoms with Gasteiger partial charge in [-0.15, -0.1) is 0 Å². The number of nitro benzene ring substituents is 1. The minimum absolute atomic E-state index is 0.0966. The summed E-state index contributed by atoms with van der Waals surface area (Å²) >= 11 is 0. The maximum Gasteiger partial charge on any atom is 0.273 e. The van der Waals surface area contributed by atoms with Crippen molar-refractivity contribution in [1.29, 1.82) is 0 Å². The molecule has 0 spiro atoms. The molecule has 2 rings (SSSR count). The van der Waals surface area contributed by atoms with Crippen LogP contribution in [0.5, 0.6) is 0 Å². The molecule has 22 heavy (non-hydrogen) atoms. The molecule has 9 heteroatoms. The Morgan fingerprint density at radius 3 is 2.32 bits per heavy atom. The maximum atomic E-state index is 12.5. The Morgan fingerprint density at radius 1 is 1.23 bits per heavy atom. The highest BCUT2D eigenvalue weighted by Gasteiger charge is 2.28. The molecule has 1 amide bonds. The second kappa shape index (κ2) is 6.01. The number of amides is 1. The molecule has 1 aromatic carbocycles. The van der Waals surface area contributed by atoms with Crippen LogP contribution in [0.4, 0.5) is 5.69 Å². The summed E-state index contributed by atoms with van der Waals surface area (Å²) in [6.45, 7) is 2.55. The fraction of sp³-hybridized carbons (Fsp3) is 0.462. The lowest BCUT2D eigenvalue weighted by Gasteiger charge is -2.33. The van der Waals surface area contributed by atoms with E-state index in [0.717, 1.165) is 6.26 Å². The standard InChI is InChI=1S/C13H17N3O5S/c1-10-11(4-3-5-12(10)16(18)19)13(17)14-6-8-15(9-7-14)22(2,20)21/h3-5H,6-9H2,1-2H3. The normalized spacial score (nSPS) is 16.5. The lowest BCUT2D eigenvalue weighted by atomic mass is 10.1. The van der Waals surface area contributed by atoms with Crippen LogP contribution in [-0.2, 0) is 10.0 Å². The van der Waals surface area contributed by atoms with E-state index in [9.17, 15) is 23.3 Å². The van der Waals surface area contributed by atoms with Gasteiger partial charge in [0.05, 0.1) is 11.2 Å². The van der Waals surface area contributed by atoms with Crippen molar-refractivity contribution < 1.29 is 18.1 Å². The number of carbonyl (C=O) groups is 1. The van der Waals surface area contributed by atoms with Crippen LogP contribution in [0.15, 0.2) is 18.2 Å². The van der Waals surface area contributed by atoms with E-state index in [1.807, 2.05) is 0 Å². The zero-order chi connectivity index (χ0) is 16.5. The van der Waals surface area contributed by atoms with Crippen molar-refractivity contribution in [2.24, 2.45) is 0 Å². The number of rotatable bonds is 3. The van der Waals surface area contributed by atoms with Crippen LogP contribution in [-0.4, -0.2) is 60.9 Å². The molecule has 0 unspecified atom stereocenters. The molecule has 1 aliphatic heterocycles. The van der Waals surface area contributed by atoms with Crippen molar-refractivity contribution in [3.63, 3.8) is 0 Å². The van der Waals surface area contributed by atoms with Gasteiger partial charge in [0.1, 0.15) is 0 Å². The molecule has 1 fully saturated rings. The molecule has 0 bridgehead atoms. The fourth-order valence-electron chi connectivity index (χ4n) is 2.45. The smallest absolute Gasteiger partial charge is 0.273 e. The molecule has 1 heterocycles. The Kier molecular flexibility index (Phi) is 4.47. The quantitative estimate of drug-likeness (QED) is 0.598. The summed E-state index contributed by atoms with van der Waals surface area (Å²) in [5.74, 6) is -0.311. The van der Waals surface area contributed by atoms with Gasteiger partial charge in [0.25, 0.3) is 11.6 Å². The number of carbonyl (C=O) groups excluding carboxylic acids is 1. The number of piperazine rings is 1. The van der Waals surface area contributed by atoms with E-state index < -0.39 is 14.9 Å². The van der Waals surface area contributed by atoms with E-state index in [-0.39, 0.29) is 43.3 Å². The molecular formula is C13H17N3O5S. The van der Waals surface area contributed by atoms with Crippen molar-refractivity contribution in [2.75, 3.05) is 32.4 Å². The molecule has 1 saturated heterocycles. The first-order chi connectivity index (χ1) is 10.2. The summed E-state index contributed by atoms with van der Waals surface area (Å²) in [5, 5.41) is 10.9. The summed E-state index contributed by atoms with van der Waals surface area (Å²) in [4.78, 5) is 24.4. The predicted molar refractivity (Wildman–Crippen MR) is 80.2 cm³/mol. The van der Waals surface area contributed by atoms with Crippen LogP contribution in [0, 0.1) is 17.0 Å². The lowest BCUT2D eigenvalue weighted by Crippen LogP contribution is -2.50. The van der Waals surface area contributed by atoms with Crippen molar-refractivity contribution >= 4 is 21.6 Å². The van der Waals surface area contributed by atoms with Crippen LogP contribution in [0.1, 0.15) is 15.9 Å². The third-order valence-electron chi connectivity index (χ3n) is 3.73. The summed E-state index contributed by atoms with van der Waals surface area (Å²) in [6.07, 6.45) is 1.13. The first-order valence-corrected chi connectivity index (χ1v) is 8.55. The lowest BCUT2D eigenvalue weighted by molar-refractivity contribution is -0.385. The fourth-order valence-corrected chi connectivity index (χ4v) is 3.27. The second-order valence-corrected chi connectivity index (χ2v) is 7.14. The van der Waals surface area contributed by atoms with Gasteiger partial charge in [0, 0.05) is 43.4 Å². The van der Waals surface area contributed by atoms with Gasteiger partial charge < -0.3 is 4.90 Å². The molecule has 1 aromatic rings. The highest BCUT2D eigenvalue weighted by atomic mass is 32.2. The van der Waals surface area contributed by atoms with Gasteiger partial charge in [-0.2, -0.15) is 4.31 Å². The largest absolute Gasteiger partial charge is 0.336 e. The monoisotopic (exact) mass is 327 g/mol. The molecule has 0 N–H and O–H groups in total. The Hall–Kier alpha value is -2.00. The van der Waals surface area contributed by atoms with Crippen molar-refractivity contribution in [3.8, 4) is 0 Å². The maximum absolute atomic E-state index is 12.5. The second-order valence-electron chi connectivity index (χ2n) is 5.16. The summed E-state index contributed by atoms with van der Waals surface area (Å²) in [5.41, 5.74) is 0.505. The van der Waals surface area contributed by atoms with E-state index in [1.54, 1.807) is 6.07 Å². The minimum atomic E-state index is -3.26. The van der Waals surface area contributed by atoms with Gasteiger partial charge in [-0.1, -0.05) is 6.07 Å². The number of benzene rings is 1. The Labute approximate surface area is 128 Å². The summed E-state index contributed by atoms with van der Waals surface area (Å²) in [6, 6.07) is 4.38. The van der Waals surface area contributed by atoms with Gasteiger partial charge >= 0.3 is 0 Å². The van der Waals surface area contributed by atoms with E-state index in [1.165, 1.54) is 28.3 Å². The molecular weight excluding hydrogens is 310 g/mol. The first-order valence-electron chi connectivity index (χ1n) is 6.70. The number of hydrogen-bond donors (Lipinski definition) is 0. The predicted octanol–water partition coefficient (Wildman–Crippen LogP) is 0.621. The van der Waals surface area contributed by atoms with Crippen LogP contribution >= 0.6 is 0 Å². The zero-order valence-corrected chi connectivity index (χ0v) is 13.2. The van der Waals surface area contributed by atoms with E-state index in [4.69, 9.17) is 0 Å². The topological polar surface area (TPSA) is 101 Å². The average molecular weight is 327 g/mol. The van der Waals surface area contributed by atoms with E-state index >= 15 is 0 Å². The number of nitrogens with zero attached hydrogens (tertiary/aromatic N) is 3. The highest BCUT2D eigenvalue weighted by molar-refractivity contribution is 7.88. The molecule has 0 radical (unpaired) electrons. The average Bonchev–Trinajstić information content (AvgIpc) is 2.45. The van der Waals surface area contributed by atoms with Gasteiger partial charge in [0.15, 0.2) is 0 Å². The van der Waals surface area contributed by atoms with Crippen LogP contribution in [0.3, 0.4) is 0 Å². The van der Waals surface area contributed by atoms with Crippen LogP contribution in [0.25, 0.3) is 0 Å². The molecule has 0 aliphatic carbocycles.